The number of methoxy groups -OCH3 is 1. The van der Waals surface area contributed by atoms with Crippen molar-refractivity contribution in [1.82, 2.24) is 4.57 Å². The van der Waals surface area contributed by atoms with E-state index in [0.717, 1.165) is 29.3 Å². The number of thiophene rings is 1. The van der Waals surface area contributed by atoms with E-state index in [1.54, 1.807) is 15.5 Å². The maximum absolute atomic E-state index is 15.5. The predicted molar refractivity (Wildman–Crippen MR) is 122 cm³/mol. The summed E-state index contributed by atoms with van der Waals surface area (Å²) in [7, 11) is -2.07. The van der Waals surface area contributed by atoms with Gasteiger partial charge in [-0.05, 0) is 37.0 Å². The van der Waals surface area contributed by atoms with Gasteiger partial charge in [0, 0.05) is 30.2 Å². The fourth-order valence-corrected chi connectivity index (χ4v) is 5.49. The Morgan fingerprint density at radius 1 is 1.26 bits per heavy atom. The fourth-order valence-electron chi connectivity index (χ4n) is 4.49. The molecule has 1 aliphatic carbocycles. The first-order chi connectivity index (χ1) is 16.7. The van der Waals surface area contributed by atoms with Crippen LogP contribution in [0.15, 0.2) is 23.1 Å². The van der Waals surface area contributed by atoms with Crippen LogP contribution >= 0.6 is 11.3 Å². The summed E-state index contributed by atoms with van der Waals surface area (Å²) in [4.78, 5) is 39.4. The van der Waals surface area contributed by atoms with Crippen molar-refractivity contribution in [1.29, 1.82) is 0 Å². The largest absolute Gasteiger partial charge is 0.798 e. The lowest BCUT2D eigenvalue weighted by molar-refractivity contribution is 0.0685. The number of hydrogen-bond acceptors (Lipinski definition) is 7. The average molecular weight is 506 g/mol. The maximum atomic E-state index is 15.5. The number of fused-ring (bicyclic) bond motifs is 2. The SMILES string of the molecule is COc1c(N2CCc3sc(C(=O)O)cc3C2)c(F)cc2c(=O)c(C(=O)OB(F)F)cn(C3CC3)c12. The molecule has 1 aromatic carbocycles. The zero-order valence-electron chi connectivity index (χ0n) is 18.3. The summed E-state index contributed by atoms with van der Waals surface area (Å²) < 4.78 is 51.9. The average Bonchev–Trinajstić information content (AvgIpc) is 3.55. The molecule has 0 bridgehead atoms. The van der Waals surface area contributed by atoms with Gasteiger partial charge < -0.3 is 24.0 Å². The highest BCUT2D eigenvalue weighted by Crippen LogP contribution is 2.45. The molecule has 0 atom stereocenters. The molecule has 0 amide bonds. The Labute approximate surface area is 200 Å². The summed E-state index contributed by atoms with van der Waals surface area (Å²) in [5, 5.41) is 9.12. The minimum absolute atomic E-state index is 0.0786. The summed E-state index contributed by atoms with van der Waals surface area (Å²) in [6, 6.07) is 2.44. The van der Waals surface area contributed by atoms with Gasteiger partial charge in [-0.25, -0.2) is 22.6 Å². The summed E-state index contributed by atoms with van der Waals surface area (Å²) in [5.74, 6) is -3.22. The molecule has 1 fully saturated rings. The van der Waals surface area contributed by atoms with E-state index in [1.165, 1.54) is 24.6 Å². The molecular formula is C22H18BF3N2O6S. The van der Waals surface area contributed by atoms with E-state index in [-0.39, 0.29) is 39.8 Å². The van der Waals surface area contributed by atoms with E-state index in [4.69, 9.17) is 4.74 Å². The molecule has 5 rings (SSSR count). The number of aromatic nitrogens is 1. The number of aromatic carboxylic acids is 1. The number of rotatable bonds is 6. The first kappa shape index (κ1) is 23.3. The third kappa shape index (κ3) is 4.03. The summed E-state index contributed by atoms with van der Waals surface area (Å²) in [5.41, 5.74) is -0.417. The molecule has 3 aromatic rings. The second-order valence-corrected chi connectivity index (χ2v) is 9.49. The number of nitrogens with zero attached hydrogens (tertiary/aromatic N) is 2. The second-order valence-electron chi connectivity index (χ2n) is 8.35. The van der Waals surface area contributed by atoms with Crippen LogP contribution in [0.5, 0.6) is 5.75 Å². The van der Waals surface area contributed by atoms with E-state index < -0.39 is 36.2 Å². The molecule has 8 nitrogen and oxygen atoms in total. The van der Waals surface area contributed by atoms with Crippen LogP contribution in [-0.4, -0.2) is 42.7 Å². The highest BCUT2D eigenvalue weighted by Gasteiger charge is 2.34. The molecule has 1 saturated carbocycles. The molecule has 1 N–H and O–H groups in total. The van der Waals surface area contributed by atoms with Crippen molar-refractivity contribution in [2.45, 2.75) is 31.8 Å². The van der Waals surface area contributed by atoms with E-state index in [0.29, 0.717) is 13.0 Å². The number of anilines is 1. The molecule has 35 heavy (non-hydrogen) atoms. The van der Waals surface area contributed by atoms with E-state index in [9.17, 15) is 28.1 Å². The van der Waals surface area contributed by atoms with E-state index in [1.807, 2.05) is 0 Å². The first-order valence-electron chi connectivity index (χ1n) is 10.7. The molecule has 2 aromatic heterocycles. The molecule has 0 unspecified atom stereocenters. The number of pyridine rings is 1. The number of benzene rings is 1. The van der Waals surface area contributed by atoms with Crippen molar-refractivity contribution in [3.05, 3.63) is 55.3 Å². The summed E-state index contributed by atoms with van der Waals surface area (Å²) in [6.07, 6.45) is 3.11. The molecule has 0 spiro atoms. The lowest BCUT2D eigenvalue weighted by Gasteiger charge is -2.31. The van der Waals surface area contributed by atoms with Gasteiger partial charge in [-0.15, -0.1) is 11.3 Å². The summed E-state index contributed by atoms with van der Waals surface area (Å²) >= 11 is 1.19. The maximum Gasteiger partial charge on any atom is 0.798 e. The predicted octanol–water partition coefficient (Wildman–Crippen LogP) is 3.89. The Morgan fingerprint density at radius 2 is 2.00 bits per heavy atom. The number of carboxylic acids is 1. The molecule has 13 heteroatoms. The molecule has 3 heterocycles. The monoisotopic (exact) mass is 506 g/mol. The van der Waals surface area contributed by atoms with Crippen LogP contribution in [0.25, 0.3) is 10.9 Å². The standard InChI is InChI=1S/C22H18BF3N2O6S/c1-33-20-17-12(19(29)13(22(32)34-23(25)26)9-28(17)11-2-3-11)7-14(24)18(20)27-5-4-15-10(8-27)6-16(35-15)21(30)31/h6-7,9,11H,2-5,8H2,1H3,(H,30,31). The third-order valence-corrected chi connectivity index (χ3v) is 7.38. The van der Waals surface area contributed by atoms with Crippen LogP contribution in [0.2, 0.25) is 0 Å². The van der Waals surface area contributed by atoms with Crippen molar-refractivity contribution in [2.24, 2.45) is 0 Å². The first-order valence-corrected chi connectivity index (χ1v) is 11.6. The Bertz CT molecular complexity index is 1440. The number of carboxylic acid groups (broad SMARTS) is 1. The highest BCUT2D eigenvalue weighted by atomic mass is 32.1. The topological polar surface area (TPSA) is 98.1 Å². The normalized spacial score (nSPS) is 15.1. The van der Waals surface area contributed by atoms with Crippen molar-refractivity contribution in [3.63, 3.8) is 0 Å². The van der Waals surface area contributed by atoms with Crippen molar-refractivity contribution >= 4 is 47.3 Å². The van der Waals surface area contributed by atoms with Gasteiger partial charge in [0.25, 0.3) is 0 Å². The molecule has 182 valence electrons. The minimum atomic E-state index is -3.40. The number of hydrogen-bond donors (Lipinski definition) is 1. The molecule has 0 saturated heterocycles. The van der Waals surface area contributed by atoms with Gasteiger partial charge in [0.15, 0.2) is 11.6 Å². The van der Waals surface area contributed by atoms with Crippen LogP contribution in [0.1, 0.15) is 49.4 Å². The van der Waals surface area contributed by atoms with Crippen molar-refractivity contribution in [3.8, 4) is 5.75 Å². The number of halogens is 3. The van der Waals surface area contributed by atoms with Gasteiger partial charge in [0.1, 0.15) is 16.1 Å². The number of ether oxygens (including phenoxy) is 1. The van der Waals surface area contributed by atoms with Gasteiger partial charge in [-0.3, -0.25) is 4.79 Å². The van der Waals surface area contributed by atoms with Crippen LogP contribution < -0.4 is 15.1 Å². The van der Waals surface area contributed by atoms with E-state index in [2.05, 4.69) is 4.65 Å². The Morgan fingerprint density at radius 3 is 2.63 bits per heavy atom. The van der Waals surface area contributed by atoms with Crippen LogP contribution in [0.4, 0.5) is 18.7 Å². The van der Waals surface area contributed by atoms with E-state index >= 15 is 4.39 Å². The van der Waals surface area contributed by atoms with Crippen LogP contribution in [0.3, 0.4) is 0 Å². The van der Waals surface area contributed by atoms with Crippen LogP contribution in [-0.2, 0) is 17.6 Å². The second kappa shape index (κ2) is 8.63. The fraction of sp³-hybridized carbons (Fsp3) is 0.318. The van der Waals surface area contributed by atoms with Gasteiger partial charge >= 0.3 is 19.4 Å². The van der Waals surface area contributed by atoms with Gasteiger partial charge in [-0.1, -0.05) is 0 Å². The Balaban J connectivity index is 1.67. The van der Waals surface area contributed by atoms with Crippen molar-refractivity contribution in [2.75, 3.05) is 18.6 Å². The minimum Gasteiger partial charge on any atom is -0.492 e. The Kier molecular flexibility index (Phi) is 5.74. The molecule has 0 radical (unpaired) electrons. The number of carbonyl (C=O) groups excluding carboxylic acids is 1. The smallest absolute Gasteiger partial charge is 0.492 e. The quantitative estimate of drug-likeness (QED) is 0.507. The zero-order valence-corrected chi connectivity index (χ0v) is 19.2. The van der Waals surface area contributed by atoms with Crippen LogP contribution in [0, 0.1) is 5.82 Å². The zero-order chi connectivity index (χ0) is 25.0. The van der Waals surface area contributed by atoms with Gasteiger partial charge in [-0.2, -0.15) is 0 Å². The lowest BCUT2D eigenvalue weighted by atomic mass is 10.0. The molecular weight excluding hydrogens is 488 g/mol. The van der Waals surface area contributed by atoms with Gasteiger partial charge in [0.2, 0.25) is 5.43 Å². The summed E-state index contributed by atoms with van der Waals surface area (Å²) in [6.45, 7) is 0.627. The Hall–Kier alpha value is -3.48. The van der Waals surface area contributed by atoms with Crippen molar-refractivity contribution < 1.29 is 37.1 Å². The third-order valence-electron chi connectivity index (χ3n) is 6.15. The molecule has 2 aliphatic rings. The lowest BCUT2D eigenvalue weighted by Crippen LogP contribution is -2.31. The van der Waals surface area contributed by atoms with Gasteiger partial charge in [0.05, 0.1) is 18.0 Å². The number of carbonyl (C=O) groups is 2. The highest BCUT2D eigenvalue weighted by molar-refractivity contribution is 7.14. The molecule has 1 aliphatic heterocycles.